The van der Waals surface area contributed by atoms with Crippen LogP contribution in [-0.4, -0.2) is 22.5 Å². The topological polar surface area (TPSA) is 83.5 Å². The van der Waals surface area contributed by atoms with Crippen LogP contribution in [0.4, 0.5) is 5.69 Å². The number of fused-ring (bicyclic) bond motifs is 1. The summed E-state index contributed by atoms with van der Waals surface area (Å²) in [6, 6.07) is 9.43. The second-order valence-electron chi connectivity index (χ2n) is 4.88. The number of para-hydroxylation sites is 1. The first-order chi connectivity index (χ1) is 10.1. The highest BCUT2D eigenvalue weighted by atomic mass is 16.2. The van der Waals surface area contributed by atoms with E-state index in [1.54, 1.807) is 0 Å². The molecular formula is C15H14N4O2. The molecule has 0 fully saturated rings. The summed E-state index contributed by atoms with van der Waals surface area (Å²) in [6.07, 6.45) is 0.627. The number of hydrazone groups is 1. The number of aryl methyl sites for hydroxylation is 1. The Bertz CT molecular complexity index is 767. The smallest absolute Gasteiger partial charge is 0.271 e. The highest BCUT2D eigenvalue weighted by molar-refractivity contribution is 6.44. The minimum atomic E-state index is -0.300. The highest BCUT2D eigenvalue weighted by Crippen LogP contribution is 2.23. The lowest BCUT2D eigenvalue weighted by Gasteiger charge is -2.13. The number of hydrogen-bond donors (Lipinski definition) is 2. The van der Waals surface area contributed by atoms with Gasteiger partial charge in [-0.3, -0.25) is 14.6 Å². The second-order valence-corrected chi connectivity index (χ2v) is 4.88. The summed E-state index contributed by atoms with van der Waals surface area (Å²) in [6.45, 7) is 1.88. The SMILES string of the molecule is Cc1cc(NC(=O)C2=NNC(=O)CC2)c2ccccc2n1. The van der Waals surface area contributed by atoms with E-state index in [9.17, 15) is 9.59 Å². The summed E-state index contributed by atoms with van der Waals surface area (Å²) in [7, 11) is 0. The lowest BCUT2D eigenvalue weighted by atomic mass is 10.1. The lowest BCUT2D eigenvalue weighted by Crippen LogP contribution is -2.32. The fourth-order valence-corrected chi connectivity index (χ4v) is 2.24. The van der Waals surface area contributed by atoms with Crippen molar-refractivity contribution in [2.24, 2.45) is 5.10 Å². The number of rotatable bonds is 2. The van der Waals surface area contributed by atoms with Gasteiger partial charge in [-0.2, -0.15) is 5.10 Å². The Morgan fingerprint density at radius 3 is 2.86 bits per heavy atom. The number of aromatic nitrogens is 1. The summed E-state index contributed by atoms with van der Waals surface area (Å²) >= 11 is 0. The van der Waals surface area contributed by atoms with E-state index in [0.717, 1.165) is 16.6 Å². The van der Waals surface area contributed by atoms with E-state index in [1.807, 2.05) is 37.3 Å². The molecule has 1 aromatic carbocycles. The molecule has 0 bridgehead atoms. The Balaban J connectivity index is 1.91. The van der Waals surface area contributed by atoms with E-state index < -0.39 is 0 Å². The molecule has 106 valence electrons. The van der Waals surface area contributed by atoms with Crippen molar-refractivity contribution in [1.29, 1.82) is 0 Å². The molecular weight excluding hydrogens is 268 g/mol. The Hall–Kier alpha value is -2.76. The van der Waals surface area contributed by atoms with E-state index in [1.165, 1.54) is 0 Å². The van der Waals surface area contributed by atoms with E-state index in [-0.39, 0.29) is 18.2 Å². The van der Waals surface area contributed by atoms with Crippen molar-refractivity contribution < 1.29 is 9.59 Å². The monoisotopic (exact) mass is 282 g/mol. The fraction of sp³-hybridized carbons (Fsp3) is 0.200. The van der Waals surface area contributed by atoms with Crippen LogP contribution in [0.1, 0.15) is 18.5 Å². The second kappa shape index (κ2) is 5.32. The standard InChI is InChI=1S/C15H14N4O2/c1-9-8-13(10-4-2-3-5-11(10)16-9)17-15(21)12-6-7-14(20)19-18-12/h2-5,8H,6-7H2,1H3,(H,19,20)(H,16,17,21). The highest BCUT2D eigenvalue weighted by Gasteiger charge is 2.19. The molecule has 1 aliphatic rings. The van der Waals surface area contributed by atoms with Crippen molar-refractivity contribution >= 4 is 34.1 Å². The third-order valence-corrected chi connectivity index (χ3v) is 3.26. The van der Waals surface area contributed by atoms with Gasteiger partial charge < -0.3 is 5.32 Å². The molecule has 2 amide bonds. The molecule has 0 atom stereocenters. The summed E-state index contributed by atoms with van der Waals surface area (Å²) < 4.78 is 0. The number of nitrogens with zero attached hydrogens (tertiary/aromatic N) is 2. The first-order valence-electron chi connectivity index (χ1n) is 6.66. The molecule has 0 radical (unpaired) electrons. The molecule has 0 aliphatic carbocycles. The van der Waals surface area contributed by atoms with Crippen molar-refractivity contribution in [2.45, 2.75) is 19.8 Å². The van der Waals surface area contributed by atoms with E-state index in [4.69, 9.17) is 0 Å². The van der Waals surface area contributed by atoms with Crippen molar-refractivity contribution in [1.82, 2.24) is 10.4 Å². The van der Waals surface area contributed by atoms with Gasteiger partial charge in [-0.25, -0.2) is 5.43 Å². The number of anilines is 1. The zero-order valence-electron chi connectivity index (χ0n) is 11.5. The summed E-state index contributed by atoms with van der Waals surface area (Å²) in [5, 5.41) is 7.52. The predicted octanol–water partition coefficient (Wildman–Crippen LogP) is 1.75. The van der Waals surface area contributed by atoms with Crippen molar-refractivity contribution in [2.75, 3.05) is 5.32 Å². The minimum absolute atomic E-state index is 0.170. The van der Waals surface area contributed by atoms with Crippen LogP contribution in [0.2, 0.25) is 0 Å². The Morgan fingerprint density at radius 1 is 1.29 bits per heavy atom. The zero-order chi connectivity index (χ0) is 14.8. The third kappa shape index (κ3) is 2.74. The molecule has 2 N–H and O–H groups in total. The molecule has 2 aromatic rings. The number of hydrogen-bond acceptors (Lipinski definition) is 4. The first kappa shape index (κ1) is 13.2. The average Bonchev–Trinajstić information content (AvgIpc) is 2.47. The molecule has 1 aromatic heterocycles. The Kier molecular flexibility index (Phi) is 3.35. The molecule has 0 saturated heterocycles. The van der Waals surface area contributed by atoms with Crippen molar-refractivity contribution in [3.05, 3.63) is 36.0 Å². The van der Waals surface area contributed by atoms with Gasteiger partial charge in [0.25, 0.3) is 5.91 Å². The van der Waals surface area contributed by atoms with Crippen LogP contribution >= 0.6 is 0 Å². The van der Waals surface area contributed by atoms with Gasteiger partial charge in [0.05, 0.1) is 11.2 Å². The normalized spacial score (nSPS) is 14.5. The number of benzene rings is 1. The molecule has 0 spiro atoms. The average molecular weight is 282 g/mol. The minimum Gasteiger partial charge on any atom is -0.320 e. The van der Waals surface area contributed by atoms with Crippen LogP contribution in [-0.2, 0) is 9.59 Å². The van der Waals surface area contributed by atoms with Crippen LogP contribution in [0.3, 0.4) is 0 Å². The van der Waals surface area contributed by atoms with Crippen LogP contribution in [0, 0.1) is 6.92 Å². The van der Waals surface area contributed by atoms with Gasteiger partial charge in [0.15, 0.2) is 0 Å². The van der Waals surface area contributed by atoms with Gasteiger partial charge >= 0.3 is 0 Å². The van der Waals surface area contributed by atoms with E-state index in [0.29, 0.717) is 17.8 Å². The largest absolute Gasteiger partial charge is 0.320 e. The summed E-state index contributed by atoms with van der Waals surface area (Å²) in [4.78, 5) is 27.7. The van der Waals surface area contributed by atoms with E-state index in [2.05, 4.69) is 20.8 Å². The molecule has 3 rings (SSSR count). The van der Waals surface area contributed by atoms with E-state index >= 15 is 0 Å². The number of carbonyl (C=O) groups is 2. The molecule has 2 heterocycles. The van der Waals surface area contributed by atoms with Crippen LogP contribution in [0.15, 0.2) is 35.4 Å². The number of carbonyl (C=O) groups excluding carboxylic acids is 2. The lowest BCUT2D eigenvalue weighted by molar-refractivity contribution is -0.121. The molecule has 0 unspecified atom stereocenters. The molecule has 21 heavy (non-hydrogen) atoms. The van der Waals surface area contributed by atoms with Crippen LogP contribution in [0.5, 0.6) is 0 Å². The molecule has 6 nitrogen and oxygen atoms in total. The number of pyridine rings is 1. The van der Waals surface area contributed by atoms with Gasteiger partial charge in [0.2, 0.25) is 5.91 Å². The maximum Gasteiger partial charge on any atom is 0.271 e. The number of amides is 2. The van der Waals surface area contributed by atoms with Gasteiger partial charge in [-0.15, -0.1) is 0 Å². The maximum absolute atomic E-state index is 12.2. The molecule has 0 saturated carbocycles. The van der Waals surface area contributed by atoms with Gasteiger partial charge in [-0.05, 0) is 19.1 Å². The van der Waals surface area contributed by atoms with Crippen LogP contribution in [0.25, 0.3) is 10.9 Å². The third-order valence-electron chi connectivity index (χ3n) is 3.26. The Labute approximate surface area is 121 Å². The molecule has 6 heteroatoms. The predicted molar refractivity (Wildman–Crippen MR) is 79.9 cm³/mol. The summed E-state index contributed by atoms with van der Waals surface area (Å²) in [5.41, 5.74) is 4.99. The van der Waals surface area contributed by atoms with Gasteiger partial charge in [-0.1, -0.05) is 18.2 Å². The van der Waals surface area contributed by atoms with Crippen LogP contribution < -0.4 is 10.7 Å². The quantitative estimate of drug-likeness (QED) is 0.880. The van der Waals surface area contributed by atoms with Gasteiger partial charge in [0.1, 0.15) is 5.71 Å². The number of nitrogens with one attached hydrogen (secondary N) is 2. The maximum atomic E-state index is 12.2. The first-order valence-corrected chi connectivity index (χ1v) is 6.66. The Morgan fingerprint density at radius 2 is 2.10 bits per heavy atom. The van der Waals surface area contributed by atoms with Crippen molar-refractivity contribution in [3.8, 4) is 0 Å². The van der Waals surface area contributed by atoms with Gasteiger partial charge in [0, 0.05) is 23.9 Å². The summed E-state index contributed by atoms with van der Waals surface area (Å²) in [5.74, 6) is -0.470. The van der Waals surface area contributed by atoms with Crippen molar-refractivity contribution in [3.63, 3.8) is 0 Å². The zero-order valence-corrected chi connectivity index (χ0v) is 11.5. The fourth-order valence-electron chi connectivity index (χ4n) is 2.24. The molecule has 1 aliphatic heterocycles.